The molecule has 0 bridgehead atoms. The van der Waals surface area contributed by atoms with E-state index < -0.39 is 0 Å². The van der Waals surface area contributed by atoms with Crippen LogP contribution in [0, 0.1) is 13.8 Å². The van der Waals surface area contributed by atoms with E-state index in [-0.39, 0.29) is 5.41 Å². The zero-order chi connectivity index (χ0) is 26.1. The Kier molecular flexibility index (Phi) is 4.60. The molecule has 2 aliphatic rings. The molecule has 0 N–H and O–H groups in total. The maximum Gasteiger partial charge on any atom is 0.0917 e. The molecule has 0 radical (unpaired) electrons. The first kappa shape index (κ1) is 22.2. The first-order valence-corrected chi connectivity index (χ1v) is 13.5. The van der Waals surface area contributed by atoms with Gasteiger partial charge in [-0.15, -0.1) is 0 Å². The maximum absolute atomic E-state index is 5.08. The summed E-state index contributed by atoms with van der Waals surface area (Å²) in [5, 5.41) is 0. The van der Waals surface area contributed by atoms with Crippen molar-refractivity contribution >= 4 is 0 Å². The van der Waals surface area contributed by atoms with E-state index in [1.54, 1.807) is 0 Å². The van der Waals surface area contributed by atoms with E-state index in [1.807, 2.05) is 6.20 Å². The molecule has 2 aliphatic carbocycles. The Bertz CT molecular complexity index is 1880. The lowest BCUT2D eigenvalue weighted by Gasteiger charge is -2.30. The Morgan fingerprint density at radius 1 is 0.513 bits per heavy atom. The maximum atomic E-state index is 5.08. The standard InChI is InChI=1S/C37H26N2/c1-23-11-3-4-12-26(23)36-24(2)39-35(22-38-36)25-19-20-30-29-15-7-10-18-33(29)37(34(30)21-25)31-16-8-5-13-27(31)28-14-6-9-17-32(28)37/h3-22H,1-2H3. The van der Waals surface area contributed by atoms with Crippen LogP contribution in [0.2, 0.25) is 0 Å². The first-order valence-electron chi connectivity index (χ1n) is 13.5. The second-order valence-electron chi connectivity index (χ2n) is 10.7. The van der Waals surface area contributed by atoms with Crippen LogP contribution >= 0.6 is 0 Å². The van der Waals surface area contributed by atoms with Gasteiger partial charge in [-0.05, 0) is 70.0 Å². The van der Waals surface area contributed by atoms with Crippen LogP contribution in [-0.2, 0) is 5.41 Å². The summed E-state index contributed by atoms with van der Waals surface area (Å²) in [5.41, 5.74) is 16.5. The summed E-state index contributed by atoms with van der Waals surface area (Å²) in [6, 6.07) is 42.0. The smallest absolute Gasteiger partial charge is 0.0917 e. The zero-order valence-electron chi connectivity index (χ0n) is 21.9. The third kappa shape index (κ3) is 2.92. The minimum Gasteiger partial charge on any atom is -0.252 e. The predicted octanol–water partition coefficient (Wildman–Crippen LogP) is 8.77. The summed E-state index contributed by atoms with van der Waals surface area (Å²) in [6.45, 7) is 4.19. The summed E-state index contributed by atoms with van der Waals surface area (Å²) in [7, 11) is 0. The van der Waals surface area contributed by atoms with Crippen molar-refractivity contribution < 1.29 is 0 Å². The highest BCUT2D eigenvalue weighted by molar-refractivity contribution is 5.95. The van der Waals surface area contributed by atoms with Crippen molar-refractivity contribution in [3.05, 3.63) is 155 Å². The lowest BCUT2D eigenvalue weighted by Crippen LogP contribution is -2.25. The number of nitrogens with zero attached hydrogens (tertiary/aromatic N) is 2. The van der Waals surface area contributed by atoms with E-state index in [0.717, 1.165) is 28.2 Å². The zero-order valence-corrected chi connectivity index (χ0v) is 21.9. The van der Waals surface area contributed by atoms with Gasteiger partial charge in [0.05, 0.1) is 28.7 Å². The molecule has 1 aromatic heterocycles. The van der Waals surface area contributed by atoms with Crippen LogP contribution in [0.5, 0.6) is 0 Å². The Balaban J connectivity index is 1.37. The molecule has 0 saturated heterocycles. The van der Waals surface area contributed by atoms with Gasteiger partial charge in [-0.1, -0.05) is 109 Å². The lowest BCUT2D eigenvalue weighted by molar-refractivity contribution is 0.794. The highest BCUT2D eigenvalue weighted by atomic mass is 14.8. The van der Waals surface area contributed by atoms with E-state index in [4.69, 9.17) is 9.97 Å². The van der Waals surface area contributed by atoms with Crippen LogP contribution in [0.3, 0.4) is 0 Å². The van der Waals surface area contributed by atoms with E-state index in [1.165, 1.54) is 50.1 Å². The van der Waals surface area contributed by atoms with Crippen molar-refractivity contribution in [1.82, 2.24) is 9.97 Å². The molecule has 0 aliphatic heterocycles. The van der Waals surface area contributed by atoms with Crippen molar-refractivity contribution in [1.29, 1.82) is 0 Å². The van der Waals surface area contributed by atoms with Gasteiger partial charge in [-0.3, -0.25) is 4.98 Å². The molecule has 6 aromatic rings. The molecule has 8 rings (SSSR count). The van der Waals surface area contributed by atoms with Gasteiger partial charge in [-0.2, -0.15) is 0 Å². The second kappa shape index (κ2) is 8.09. The summed E-state index contributed by atoms with van der Waals surface area (Å²) in [5.74, 6) is 0. The Morgan fingerprint density at radius 2 is 1.03 bits per heavy atom. The van der Waals surface area contributed by atoms with Crippen LogP contribution in [0.1, 0.15) is 33.5 Å². The molecule has 0 unspecified atom stereocenters. The van der Waals surface area contributed by atoms with Crippen molar-refractivity contribution in [2.24, 2.45) is 0 Å². The van der Waals surface area contributed by atoms with Crippen molar-refractivity contribution in [2.75, 3.05) is 0 Å². The molecule has 2 heteroatoms. The summed E-state index contributed by atoms with van der Waals surface area (Å²) in [4.78, 5) is 9.99. The SMILES string of the molecule is Cc1ccccc1-c1ncc(-c2ccc3c(c2)C2(c4ccccc4-c4ccccc42)c2ccccc2-3)nc1C. The molecule has 5 aromatic carbocycles. The Hall–Kier alpha value is -4.82. The number of rotatable bonds is 2. The number of aromatic nitrogens is 2. The monoisotopic (exact) mass is 498 g/mol. The fourth-order valence-corrected chi connectivity index (χ4v) is 6.98. The highest BCUT2D eigenvalue weighted by Gasteiger charge is 2.51. The van der Waals surface area contributed by atoms with E-state index in [0.29, 0.717) is 0 Å². The molecule has 0 fully saturated rings. The highest BCUT2D eigenvalue weighted by Crippen LogP contribution is 2.62. The molecule has 1 heterocycles. The third-order valence-corrected chi connectivity index (χ3v) is 8.64. The number of hydrogen-bond donors (Lipinski definition) is 0. The quantitative estimate of drug-likeness (QED) is 0.238. The molecule has 39 heavy (non-hydrogen) atoms. The molecule has 1 spiro atoms. The van der Waals surface area contributed by atoms with Gasteiger partial charge in [0.1, 0.15) is 0 Å². The fraction of sp³-hybridized carbons (Fsp3) is 0.0811. The van der Waals surface area contributed by atoms with Gasteiger partial charge in [0.15, 0.2) is 0 Å². The molecular weight excluding hydrogens is 472 g/mol. The van der Waals surface area contributed by atoms with Crippen LogP contribution in [0.4, 0.5) is 0 Å². The number of fused-ring (bicyclic) bond motifs is 10. The largest absolute Gasteiger partial charge is 0.252 e. The van der Waals surface area contributed by atoms with Crippen molar-refractivity contribution in [3.8, 4) is 44.8 Å². The predicted molar refractivity (Wildman–Crippen MR) is 159 cm³/mol. The Morgan fingerprint density at radius 3 is 1.59 bits per heavy atom. The molecule has 184 valence electrons. The van der Waals surface area contributed by atoms with Gasteiger partial charge in [-0.25, -0.2) is 4.98 Å². The lowest BCUT2D eigenvalue weighted by atomic mass is 9.70. The average Bonchev–Trinajstić information content (AvgIpc) is 3.45. The van der Waals surface area contributed by atoms with Crippen LogP contribution in [-0.4, -0.2) is 9.97 Å². The number of hydrogen-bond acceptors (Lipinski definition) is 2. The first-order chi connectivity index (χ1) is 19.2. The van der Waals surface area contributed by atoms with Gasteiger partial charge in [0.2, 0.25) is 0 Å². The Labute approximate surface area is 228 Å². The topological polar surface area (TPSA) is 25.8 Å². The minimum atomic E-state index is -0.349. The van der Waals surface area contributed by atoms with Crippen molar-refractivity contribution in [3.63, 3.8) is 0 Å². The molecular formula is C37H26N2. The number of benzene rings is 5. The second-order valence-corrected chi connectivity index (χ2v) is 10.7. The normalized spacial score (nSPS) is 13.6. The fourth-order valence-electron chi connectivity index (χ4n) is 6.98. The van der Waals surface area contributed by atoms with E-state index in [9.17, 15) is 0 Å². The molecule has 0 saturated carbocycles. The van der Waals surface area contributed by atoms with Gasteiger partial charge in [0.25, 0.3) is 0 Å². The van der Waals surface area contributed by atoms with E-state index >= 15 is 0 Å². The molecule has 0 amide bonds. The van der Waals surface area contributed by atoms with Gasteiger partial charge in [0, 0.05) is 11.1 Å². The van der Waals surface area contributed by atoms with Crippen LogP contribution in [0.25, 0.3) is 44.8 Å². The molecule has 2 nitrogen and oxygen atoms in total. The van der Waals surface area contributed by atoms with Crippen molar-refractivity contribution in [2.45, 2.75) is 19.3 Å². The van der Waals surface area contributed by atoms with E-state index in [2.05, 4.69) is 129 Å². The summed E-state index contributed by atoms with van der Waals surface area (Å²) < 4.78 is 0. The van der Waals surface area contributed by atoms with Crippen LogP contribution in [0.15, 0.2) is 121 Å². The third-order valence-electron chi connectivity index (χ3n) is 8.64. The minimum absolute atomic E-state index is 0.349. The number of aryl methyl sites for hydroxylation is 2. The molecule has 0 atom stereocenters. The van der Waals surface area contributed by atoms with Gasteiger partial charge < -0.3 is 0 Å². The average molecular weight is 499 g/mol. The summed E-state index contributed by atoms with van der Waals surface area (Å²) in [6.07, 6.45) is 1.93. The van der Waals surface area contributed by atoms with Crippen LogP contribution < -0.4 is 0 Å². The summed E-state index contributed by atoms with van der Waals surface area (Å²) >= 11 is 0. The van der Waals surface area contributed by atoms with Gasteiger partial charge >= 0.3 is 0 Å².